The fourth-order valence-electron chi connectivity index (χ4n) is 1.36. The molecule has 3 N–H and O–H groups in total. The lowest BCUT2D eigenvalue weighted by Crippen LogP contribution is -2.17. The third kappa shape index (κ3) is 1.28. The molecule has 0 aliphatic carbocycles. The van der Waals surface area contributed by atoms with E-state index >= 15 is 0 Å². The van der Waals surface area contributed by atoms with Crippen molar-refractivity contribution in [3.8, 4) is 0 Å². The Bertz CT molecular complexity index is 450. The third-order valence-electron chi connectivity index (χ3n) is 1.86. The Morgan fingerprint density at radius 3 is 3.08 bits per heavy atom. The van der Waals surface area contributed by atoms with Crippen LogP contribution in [0.1, 0.15) is 5.69 Å². The van der Waals surface area contributed by atoms with E-state index < -0.39 is 0 Å². The molecule has 0 fully saturated rings. The van der Waals surface area contributed by atoms with Crippen molar-refractivity contribution in [2.75, 3.05) is 0 Å². The maximum absolute atomic E-state index is 7.18. The summed E-state index contributed by atoms with van der Waals surface area (Å²) in [5.74, 6) is 0.150. The SMILES string of the molecule is Cc1cc2n(CC(=N)N)ccn2n1. The fourth-order valence-corrected chi connectivity index (χ4v) is 1.36. The molecule has 0 aliphatic heterocycles. The molecule has 2 rings (SSSR count). The molecule has 0 aromatic carbocycles. The molecule has 0 atom stereocenters. The standard InChI is InChI=1S/C8H11N5/c1-6-4-8-12(5-7(9)10)2-3-13(8)11-6/h2-4H,5H2,1H3,(H3,9,10). The zero-order chi connectivity index (χ0) is 9.42. The zero-order valence-corrected chi connectivity index (χ0v) is 7.36. The van der Waals surface area contributed by atoms with Gasteiger partial charge in [0.2, 0.25) is 0 Å². The van der Waals surface area contributed by atoms with Crippen molar-refractivity contribution < 1.29 is 0 Å². The first-order valence-corrected chi connectivity index (χ1v) is 4.01. The molecule has 5 heteroatoms. The lowest BCUT2D eigenvalue weighted by atomic mass is 10.5. The van der Waals surface area contributed by atoms with Crippen LogP contribution in [0.3, 0.4) is 0 Å². The van der Waals surface area contributed by atoms with Crippen LogP contribution < -0.4 is 5.73 Å². The quantitative estimate of drug-likeness (QED) is 0.514. The number of nitrogens with one attached hydrogen (secondary N) is 1. The van der Waals surface area contributed by atoms with Gasteiger partial charge in [-0.15, -0.1) is 0 Å². The molecule has 13 heavy (non-hydrogen) atoms. The summed E-state index contributed by atoms with van der Waals surface area (Å²) in [4.78, 5) is 0. The van der Waals surface area contributed by atoms with Crippen LogP contribution in [-0.4, -0.2) is 20.0 Å². The predicted molar refractivity (Wildman–Crippen MR) is 49.8 cm³/mol. The lowest BCUT2D eigenvalue weighted by Gasteiger charge is -1.99. The number of imidazole rings is 1. The van der Waals surface area contributed by atoms with E-state index in [2.05, 4.69) is 5.10 Å². The van der Waals surface area contributed by atoms with Gasteiger partial charge in [-0.3, -0.25) is 5.41 Å². The number of fused-ring (bicyclic) bond motifs is 1. The number of nitrogens with two attached hydrogens (primary N) is 1. The molecule has 0 amide bonds. The Balaban J connectivity index is 2.50. The highest BCUT2D eigenvalue weighted by Crippen LogP contribution is 2.06. The zero-order valence-electron chi connectivity index (χ0n) is 7.36. The van der Waals surface area contributed by atoms with Crippen molar-refractivity contribution in [2.45, 2.75) is 13.5 Å². The second-order valence-corrected chi connectivity index (χ2v) is 3.04. The van der Waals surface area contributed by atoms with E-state index in [4.69, 9.17) is 11.1 Å². The van der Waals surface area contributed by atoms with Gasteiger partial charge in [-0.25, -0.2) is 4.52 Å². The summed E-state index contributed by atoms with van der Waals surface area (Å²) < 4.78 is 3.67. The van der Waals surface area contributed by atoms with Gasteiger partial charge in [0.25, 0.3) is 0 Å². The Labute approximate surface area is 75.3 Å². The normalized spacial score (nSPS) is 10.8. The van der Waals surface area contributed by atoms with Crippen molar-refractivity contribution in [1.29, 1.82) is 5.41 Å². The van der Waals surface area contributed by atoms with Crippen molar-refractivity contribution in [2.24, 2.45) is 5.73 Å². The largest absolute Gasteiger partial charge is 0.386 e. The van der Waals surface area contributed by atoms with Gasteiger partial charge in [0.15, 0.2) is 0 Å². The lowest BCUT2D eigenvalue weighted by molar-refractivity contribution is 0.866. The summed E-state index contributed by atoms with van der Waals surface area (Å²) in [6.45, 7) is 2.35. The maximum Gasteiger partial charge on any atom is 0.136 e. The molecule has 68 valence electrons. The van der Waals surface area contributed by atoms with Crippen LogP contribution in [0.15, 0.2) is 18.5 Å². The average Bonchev–Trinajstić information content (AvgIpc) is 2.51. The van der Waals surface area contributed by atoms with Crippen molar-refractivity contribution >= 4 is 11.5 Å². The number of amidine groups is 1. The molecule has 0 unspecified atom stereocenters. The number of aryl methyl sites for hydroxylation is 1. The number of aromatic nitrogens is 3. The van der Waals surface area contributed by atoms with Gasteiger partial charge in [0.1, 0.15) is 11.5 Å². The van der Waals surface area contributed by atoms with Gasteiger partial charge in [-0.2, -0.15) is 5.10 Å². The Morgan fingerprint density at radius 1 is 1.62 bits per heavy atom. The van der Waals surface area contributed by atoms with E-state index in [1.165, 1.54) is 0 Å². The van der Waals surface area contributed by atoms with Crippen LogP contribution in [-0.2, 0) is 6.54 Å². The number of nitrogens with zero attached hydrogens (tertiary/aromatic N) is 3. The highest BCUT2D eigenvalue weighted by atomic mass is 15.3. The van der Waals surface area contributed by atoms with Crippen LogP contribution in [0.2, 0.25) is 0 Å². The Hall–Kier alpha value is -1.78. The van der Waals surface area contributed by atoms with E-state index in [1.807, 2.05) is 30.0 Å². The van der Waals surface area contributed by atoms with Gasteiger partial charge in [0, 0.05) is 18.5 Å². The summed E-state index contributed by atoms with van der Waals surface area (Å²) >= 11 is 0. The molecule has 0 saturated carbocycles. The van der Waals surface area contributed by atoms with Gasteiger partial charge < -0.3 is 10.3 Å². The predicted octanol–water partition coefficient (Wildman–Crippen LogP) is 0.380. The van der Waals surface area contributed by atoms with E-state index in [-0.39, 0.29) is 5.84 Å². The first-order chi connectivity index (χ1) is 6.16. The molecule has 0 aliphatic rings. The summed E-state index contributed by atoms with van der Waals surface area (Å²) in [7, 11) is 0. The highest BCUT2D eigenvalue weighted by Gasteiger charge is 2.03. The monoisotopic (exact) mass is 177 g/mol. The number of hydrogen-bond acceptors (Lipinski definition) is 2. The Kier molecular flexibility index (Phi) is 1.58. The minimum absolute atomic E-state index is 0.150. The van der Waals surface area contributed by atoms with E-state index in [9.17, 15) is 0 Å². The smallest absolute Gasteiger partial charge is 0.136 e. The molecule has 0 radical (unpaired) electrons. The first-order valence-electron chi connectivity index (χ1n) is 4.01. The molecule has 2 aromatic rings. The second-order valence-electron chi connectivity index (χ2n) is 3.04. The summed E-state index contributed by atoms with van der Waals surface area (Å²) in [6.07, 6.45) is 3.72. The number of hydrogen-bond donors (Lipinski definition) is 2. The van der Waals surface area contributed by atoms with Gasteiger partial charge in [-0.05, 0) is 6.92 Å². The van der Waals surface area contributed by atoms with E-state index in [1.54, 1.807) is 4.52 Å². The highest BCUT2D eigenvalue weighted by molar-refractivity contribution is 5.77. The minimum Gasteiger partial charge on any atom is -0.386 e. The van der Waals surface area contributed by atoms with Crippen molar-refractivity contribution in [3.05, 3.63) is 24.2 Å². The number of rotatable bonds is 2. The van der Waals surface area contributed by atoms with Gasteiger partial charge >= 0.3 is 0 Å². The maximum atomic E-state index is 7.18. The van der Waals surface area contributed by atoms with E-state index in [0.717, 1.165) is 11.3 Å². The van der Waals surface area contributed by atoms with Crippen molar-refractivity contribution in [1.82, 2.24) is 14.2 Å². The molecular formula is C8H11N5. The topological polar surface area (TPSA) is 72.1 Å². The van der Waals surface area contributed by atoms with Crippen LogP contribution >= 0.6 is 0 Å². The molecule has 2 heterocycles. The molecule has 5 nitrogen and oxygen atoms in total. The van der Waals surface area contributed by atoms with Gasteiger partial charge in [0.05, 0.1) is 12.2 Å². The van der Waals surface area contributed by atoms with Gasteiger partial charge in [-0.1, -0.05) is 0 Å². The van der Waals surface area contributed by atoms with Crippen LogP contribution in [0.4, 0.5) is 0 Å². The third-order valence-corrected chi connectivity index (χ3v) is 1.86. The average molecular weight is 177 g/mol. The second kappa shape index (κ2) is 2.62. The fraction of sp³-hybridized carbons (Fsp3) is 0.250. The van der Waals surface area contributed by atoms with Crippen LogP contribution in [0.25, 0.3) is 5.65 Å². The van der Waals surface area contributed by atoms with Crippen molar-refractivity contribution in [3.63, 3.8) is 0 Å². The summed E-state index contributed by atoms with van der Waals surface area (Å²) in [5.41, 5.74) is 7.25. The molecule has 0 spiro atoms. The van der Waals surface area contributed by atoms with Crippen LogP contribution in [0, 0.1) is 12.3 Å². The molecule has 2 aromatic heterocycles. The first kappa shape index (κ1) is 7.85. The summed E-state index contributed by atoms with van der Waals surface area (Å²) in [6, 6.07) is 1.96. The molecule has 0 saturated heterocycles. The summed E-state index contributed by atoms with van der Waals surface area (Å²) in [5, 5.41) is 11.4. The minimum atomic E-state index is 0.150. The molecule has 0 bridgehead atoms. The van der Waals surface area contributed by atoms with Crippen LogP contribution in [0.5, 0.6) is 0 Å². The Morgan fingerprint density at radius 2 is 2.38 bits per heavy atom. The van der Waals surface area contributed by atoms with E-state index in [0.29, 0.717) is 6.54 Å². The molecular weight excluding hydrogens is 166 g/mol.